The summed E-state index contributed by atoms with van der Waals surface area (Å²) in [6.07, 6.45) is 4.48. The van der Waals surface area contributed by atoms with E-state index in [4.69, 9.17) is 0 Å². The van der Waals surface area contributed by atoms with E-state index < -0.39 is 0 Å². The lowest BCUT2D eigenvalue weighted by Crippen LogP contribution is -1.89. The van der Waals surface area contributed by atoms with Gasteiger partial charge in [-0.25, -0.2) is 5.11 Å². The van der Waals surface area contributed by atoms with E-state index in [0.717, 1.165) is 16.8 Å². The summed E-state index contributed by atoms with van der Waals surface area (Å²) in [6.45, 7) is 2.31. The monoisotopic (exact) mass is 241 g/mol. The number of halogens is 1. The van der Waals surface area contributed by atoms with Crippen molar-refractivity contribution in [2.45, 2.75) is 36.5 Å². The van der Waals surface area contributed by atoms with Crippen LogP contribution < -0.4 is 0 Å². The Morgan fingerprint density at radius 1 is 1.33 bits per heavy atom. The smallest absolute Gasteiger partial charge is 0.0822 e. The number of alkyl halides is 1. The molecule has 0 amide bonds. The van der Waals surface area contributed by atoms with E-state index in [0.29, 0.717) is 0 Å². The topological polar surface area (TPSA) is 19.9 Å². The number of hydrogen-bond donors (Lipinski definition) is 0. The molecule has 9 heavy (non-hydrogen) atoms. The Labute approximate surface area is 71.0 Å². The van der Waals surface area contributed by atoms with Crippen LogP contribution in [0.4, 0.5) is 0 Å². The van der Waals surface area contributed by atoms with E-state index >= 15 is 0 Å². The van der Waals surface area contributed by atoms with E-state index in [1.807, 2.05) is 0 Å². The Bertz CT molecular complexity index is 54.9. The molecule has 0 aliphatic heterocycles. The molecule has 2 heteroatoms. The molecule has 55 valence electrons. The molecule has 1 radical (unpaired) electrons. The Morgan fingerprint density at radius 2 is 2.00 bits per heavy atom. The van der Waals surface area contributed by atoms with Crippen molar-refractivity contribution < 1.29 is 5.11 Å². The van der Waals surface area contributed by atoms with Gasteiger partial charge < -0.3 is 0 Å². The molecule has 0 N–H and O–H groups in total. The molecule has 0 aromatic heterocycles. The number of hydrogen-bond acceptors (Lipinski definition) is 0. The second-order valence-corrected chi connectivity index (χ2v) is 4.46. The summed E-state index contributed by atoms with van der Waals surface area (Å²) in [5.41, 5.74) is 0. The zero-order valence-corrected chi connectivity index (χ0v) is 8.06. The average Bonchev–Trinajstić information content (AvgIpc) is 1.80. The Kier molecular flexibility index (Phi) is 7.33. The quantitative estimate of drug-likeness (QED) is 0.400. The summed E-state index contributed by atoms with van der Waals surface area (Å²) in [5.74, 6) is 0. The molecule has 0 heterocycles. The fraction of sp³-hybridized carbons (Fsp3) is 1.00. The first kappa shape index (κ1) is 9.69. The second kappa shape index (κ2) is 6.81. The summed E-state index contributed by atoms with van der Waals surface area (Å²) < 4.78 is 0.772. The van der Waals surface area contributed by atoms with Gasteiger partial charge in [0.05, 0.1) is 6.61 Å². The summed E-state index contributed by atoms with van der Waals surface area (Å²) in [5, 5.41) is 9.97. The first-order chi connectivity index (χ1) is 4.27. The lowest BCUT2D eigenvalue weighted by molar-refractivity contribution is 0.186. The van der Waals surface area contributed by atoms with Crippen LogP contribution in [-0.2, 0) is 5.11 Å². The van der Waals surface area contributed by atoms with Gasteiger partial charge in [-0.2, -0.15) is 0 Å². The predicted octanol–water partition coefficient (Wildman–Crippen LogP) is 2.80. The molecule has 1 unspecified atom stereocenters. The Balaban J connectivity index is 2.75. The van der Waals surface area contributed by atoms with E-state index in [2.05, 4.69) is 29.5 Å². The van der Waals surface area contributed by atoms with Gasteiger partial charge in [0.1, 0.15) is 0 Å². The van der Waals surface area contributed by atoms with Gasteiger partial charge in [-0.1, -0.05) is 42.4 Å². The molecule has 0 saturated carbocycles. The van der Waals surface area contributed by atoms with Gasteiger partial charge in [0.25, 0.3) is 0 Å². The zero-order valence-electron chi connectivity index (χ0n) is 5.90. The molecule has 0 bridgehead atoms. The normalized spacial score (nSPS) is 13.7. The van der Waals surface area contributed by atoms with Crippen LogP contribution in [0, 0.1) is 0 Å². The molecule has 0 aromatic carbocycles. The minimum absolute atomic E-state index is 0.107. The van der Waals surface area contributed by atoms with E-state index in [1.165, 1.54) is 12.8 Å². The minimum Gasteiger partial charge on any atom is -0.237 e. The van der Waals surface area contributed by atoms with Gasteiger partial charge in [-0.3, -0.25) is 0 Å². The largest absolute Gasteiger partial charge is 0.237 e. The van der Waals surface area contributed by atoms with Crippen molar-refractivity contribution in [2.75, 3.05) is 6.61 Å². The molecule has 1 nitrogen and oxygen atoms in total. The first-order valence-corrected chi connectivity index (χ1v) is 4.74. The third-order valence-electron chi connectivity index (χ3n) is 1.25. The molecule has 1 atom stereocenters. The molecule has 0 rings (SSSR count). The van der Waals surface area contributed by atoms with Crippen molar-refractivity contribution in [3.05, 3.63) is 0 Å². The van der Waals surface area contributed by atoms with Gasteiger partial charge in [0, 0.05) is 3.92 Å². The maximum absolute atomic E-state index is 9.97. The lowest BCUT2D eigenvalue weighted by atomic mass is 10.2. The van der Waals surface area contributed by atoms with E-state index in [1.54, 1.807) is 0 Å². The maximum Gasteiger partial charge on any atom is 0.0822 e. The van der Waals surface area contributed by atoms with E-state index in [9.17, 15) is 5.11 Å². The highest BCUT2D eigenvalue weighted by Crippen LogP contribution is 2.09. The maximum atomic E-state index is 9.97. The Hall–Kier alpha value is 0.690. The fourth-order valence-corrected chi connectivity index (χ4v) is 1.14. The van der Waals surface area contributed by atoms with Crippen molar-refractivity contribution in [1.82, 2.24) is 0 Å². The standard InChI is InChI=1S/C7H14IO/c1-7(8)5-3-2-4-6-9/h7H,2-6H2,1H3. The van der Waals surface area contributed by atoms with Crippen LogP contribution >= 0.6 is 22.6 Å². The molecule has 0 aliphatic rings. The van der Waals surface area contributed by atoms with Crippen molar-refractivity contribution in [3.63, 3.8) is 0 Å². The van der Waals surface area contributed by atoms with Crippen LogP contribution in [0.15, 0.2) is 0 Å². The minimum atomic E-state index is 0.107. The highest BCUT2D eigenvalue weighted by Gasteiger charge is 1.93. The third kappa shape index (κ3) is 8.69. The third-order valence-corrected chi connectivity index (χ3v) is 1.87. The van der Waals surface area contributed by atoms with Crippen LogP contribution in [0.3, 0.4) is 0 Å². The molecule has 0 fully saturated rings. The predicted molar refractivity (Wildman–Crippen MR) is 47.5 cm³/mol. The van der Waals surface area contributed by atoms with Gasteiger partial charge in [0.2, 0.25) is 0 Å². The first-order valence-electron chi connectivity index (χ1n) is 3.49. The highest BCUT2D eigenvalue weighted by atomic mass is 127. The van der Waals surface area contributed by atoms with Crippen LogP contribution in [0.2, 0.25) is 0 Å². The summed E-state index contributed by atoms with van der Waals surface area (Å²) in [4.78, 5) is 0. The van der Waals surface area contributed by atoms with Crippen molar-refractivity contribution in [1.29, 1.82) is 0 Å². The van der Waals surface area contributed by atoms with Crippen molar-refractivity contribution in [3.8, 4) is 0 Å². The SMILES string of the molecule is CC(I)CCCCC[O]. The summed E-state index contributed by atoms with van der Waals surface area (Å²) in [7, 11) is 0. The van der Waals surface area contributed by atoms with Gasteiger partial charge in [0.15, 0.2) is 0 Å². The average molecular weight is 241 g/mol. The van der Waals surface area contributed by atoms with Gasteiger partial charge in [-0.05, 0) is 12.8 Å². The summed E-state index contributed by atoms with van der Waals surface area (Å²) >= 11 is 2.42. The van der Waals surface area contributed by atoms with Crippen molar-refractivity contribution in [2.24, 2.45) is 0 Å². The van der Waals surface area contributed by atoms with Crippen LogP contribution in [0.5, 0.6) is 0 Å². The lowest BCUT2D eigenvalue weighted by Gasteiger charge is -1.99. The van der Waals surface area contributed by atoms with Gasteiger partial charge in [-0.15, -0.1) is 0 Å². The fourth-order valence-electron chi connectivity index (χ4n) is 0.704. The Morgan fingerprint density at radius 3 is 2.44 bits per heavy atom. The molecule has 0 aliphatic carbocycles. The number of unbranched alkanes of at least 4 members (excludes halogenated alkanes) is 2. The highest BCUT2D eigenvalue weighted by molar-refractivity contribution is 14.1. The van der Waals surface area contributed by atoms with Crippen LogP contribution in [-0.4, -0.2) is 10.5 Å². The molecule has 0 saturated heterocycles. The number of rotatable bonds is 5. The van der Waals surface area contributed by atoms with Crippen molar-refractivity contribution >= 4 is 22.6 Å². The van der Waals surface area contributed by atoms with E-state index in [-0.39, 0.29) is 6.61 Å². The van der Waals surface area contributed by atoms with Crippen LogP contribution in [0.1, 0.15) is 32.6 Å². The van der Waals surface area contributed by atoms with Crippen LogP contribution in [0.25, 0.3) is 0 Å². The molecule has 0 spiro atoms. The second-order valence-electron chi connectivity index (χ2n) is 2.33. The zero-order chi connectivity index (χ0) is 7.11. The van der Waals surface area contributed by atoms with Gasteiger partial charge >= 0.3 is 0 Å². The molecular formula is C7H14IO. The summed E-state index contributed by atoms with van der Waals surface area (Å²) in [6, 6.07) is 0. The molecule has 0 aromatic rings. The molecular weight excluding hydrogens is 227 g/mol.